The third-order valence-corrected chi connectivity index (χ3v) is 11.4. The maximum absolute atomic E-state index is 12.9. The highest BCUT2D eigenvalue weighted by atomic mass is 35.5. The molecule has 0 N–H and O–H groups in total. The Morgan fingerprint density at radius 2 is 1.72 bits per heavy atom. The molecule has 0 heterocycles. The predicted octanol–water partition coefficient (Wildman–Crippen LogP) is 6.75. The number of hydrogen-bond acceptors (Lipinski definition) is 5. The molecular weight excluding hydrogens is 411 g/mol. The van der Waals surface area contributed by atoms with Crippen molar-refractivity contribution in [3.63, 3.8) is 0 Å². The zero-order valence-electron chi connectivity index (χ0n) is 18.0. The van der Waals surface area contributed by atoms with Gasteiger partial charge in [0.05, 0.1) is 0 Å². The average Bonchev–Trinajstić information content (AvgIpc) is 3.02. The van der Waals surface area contributed by atoms with E-state index in [1.807, 2.05) is 0 Å². The monoisotopic (exact) mass is 444 g/mol. The van der Waals surface area contributed by atoms with Gasteiger partial charge in [-0.1, -0.05) is 19.9 Å². The van der Waals surface area contributed by atoms with Gasteiger partial charge in [0, 0.05) is 36.5 Å². The van der Waals surface area contributed by atoms with E-state index >= 15 is 0 Å². The van der Waals surface area contributed by atoms with Crippen LogP contribution >= 0.6 is 19.2 Å². The maximum Gasteiger partial charge on any atom is 0.404 e. The average molecular weight is 445 g/mol. The van der Waals surface area contributed by atoms with E-state index in [0.717, 1.165) is 50.3 Å². The number of carbonyl (C=O) groups excluding carboxylic acids is 1. The number of fused-ring (bicyclic) bond motifs is 5. The van der Waals surface area contributed by atoms with Crippen LogP contribution in [-0.2, 0) is 18.3 Å². The lowest BCUT2D eigenvalue weighted by Gasteiger charge is -2.59. The predicted molar refractivity (Wildman–Crippen MR) is 113 cm³/mol. The lowest BCUT2D eigenvalue weighted by Crippen LogP contribution is -2.53. The largest absolute Gasteiger partial charge is 0.450 e. The molecule has 4 aliphatic carbocycles. The van der Waals surface area contributed by atoms with Crippen molar-refractivity contribution in [2.45, 2.75) is 71.3 Å². The Morgan fingerprint density at radius 1 is 1.03 bits per heavy atom. The molecule has 164 valence electrons. The van der Waals surface area contributed by atoms with E-state index in [2.05, 4.69) is 19.9 Å². The van der Waals surface area contributed by atoms with Gasteiger partial charge < -0.3 is 13.8 Å². The summed E-state index contributed by atoms with van der Waals surface area (Å²) < 4.78 is 29.0. The fourth-order valence-electron chi connectivity index (χ4n) is 7.64. The van der Waals surface area contributed by atoms with E-state index in [-0.39, 0.29) is 16.9 Å². The first-order chi connectivity index (χ1) is 13.7. The lowest BCUT2D eigenvalue weighted by atomic mass is 9.46. The van der Waals surface area contributed by atoms with E-state index in [1.54, 1.807) is 0 Å². The highest BCUT2D eigenvalue weighted by Crippen LogP contribution is 2.68. The van der Waals surface area contributed by atoms with Crippen molar-refractivity contribution in [2.75, 3.05) is 14.2 Å². The quantitative estimate of drug-likeness (QED) is 0.354. The highest BCUT2D eigenvalue weighted by Gasteiger charge is 2.60. The van der Waals surface area contributed by atoms with Crippen LogP contribution in [0.1, 0.15) is 65.2 Å². The fraction of sp³-hybridized carbons (Fsp3) is 0.864. The van der Waals surface area contributed by atoms with Crippen LogP contribution < -0.4 is 0 Å². The molecule has 0 aromatic carbocycles. The lowest BCUT2D eigenvalue weighted by molar-refractivity contribution is -0.104. The Kier molecular flexibility index (Phi) is 5.77. The number of rotatable bonds is 4. The smallest absolute Gasteiger partial charge is 0.404 e. The van der Waals surface area contributed by atoms with Crippen molar-refractivity contribution in [2.24, 2.45) is 34.5 Å². The summed E-state index contributed by atoms with van der Waals surface area (Å²) >= 11 is 5.57. The fourth-order valence-corrected chi connectivity index (χ4v) is 9.11. The van der Waals surface area contributed by atoms with Gasteiger partial charge >= 0.3 is 13.0 Å². The molecule has 0 unspecified atom stereocenters. The van der Waals surface area contributed by atoms with E-state index in [1.165, 1.54) is 20.6 Å². The van der Waals surface area contributed by atoms with Crippen LogP contribution in [0.4, 0.5) is 4.79 Å². The number of allylic oxidation sites excluding steroid dienone is 2. The second-order valence-electron chi connectivity index (χ2n) is 10.1. The van der Waals surface area contributed by atoms with Crippen molar-refractivity contribution in [1.82, 2.24) is 0 Å². The SMILES string of the molecule is COP(=O)(OC)C1=C[C@@H]2CC[C@@H]3[C@H](CC[C@]4(C)[C@@H](OC(=O)Cl)CC[C@@H]34)[C@@]2(C)CC1. The molecule has 0 aromatic heterocycles. The van der Waals surface area contributed by atoms with Crippen molar-refractivity contribution in [3.8, 4) is 0 Å². The van der Waals surface area contributed by atoms with Crippen molar-refractivity contribution >= 4 is 24.6 Å². The Bertz CT molecular complexity index is 745. The van der Waals surface area contributed by atoms with E-state index in [0.29, 0.717) is 23.7 Å². The summed E-state index contributed by atoms with van der Waals surface area (Å²) in [5.41, 5.74) is -0.395. The summed E-state index contributed by atoms with van der Waals surface area (Å²) in [6.07, 6.45) is 10.6. The van der Waals surface area contributed by atoms with Crippen molar-refractivity contribution in [1.29, 1.82) is 0 Å². The van der Waals surface area contributed by atoms with Crippen LogP contribution in [0.25, 0.3) is 0 Å². The summed E-state index contributed by atoms with van der Waals surface area (Å²) in [4.78, 5) is 11.4. The van der Waals surface area contributed by atoms with Crippen molar-refractivity contribution in [3.05, 3.63) is 11.4 Å². The zero-order valence-corrected chi connectivity index (χ0v) is 19.6. The van der Waals surface area contributed by atoms with E-state index in [4.69, 9.17) is 25.4 Å². The molecular formula is C22H34ClO5P. The molecule has 3 fully saturated rings. The van der Waals surface area contributed by atoms with Gasteiger partial charge in [-0.3, -0.25) is 4.57 Å². The standard InChI is InChI=1S/C22H34ClO5P/c1-21-11-9-15(29(25,26-3)27-4)13-14(21)5-6-16-17-7-8-19(28-20(23)24)22(17,2)12-10-18(16)21/h13-14,16-19H,5-12H2,1-4H3/t14-,16-,17-,18-,19-,21-,22-/m0/s1. The summed E-state index contributed by atoms with van der Waals surface area (Å²) in [7, 11) is -0.188. The van der Waals surface area contributed by atoms with Crippen LogP contribution in [0.5, 0.6) is 0 Å². The Morgan fingerprint density at radius 3 is 2.38 bits per heavy atom. The van der Waals surface area contributed by atoms with E-state index < -0.39 is 13.0 Å². The Balaban J connectivity index is 1.58. The minimum absolute atomic E-state index is 0.0453. The number of hydrogen-bond donors (Lipinski definition) is 0. The summed E-state index contributed by atoms with van der Waals surface area (Å²) in [6, 6.07) is 0. The van der Waals surface area contributed by atoms with Crippen LogP contribution in [0.15, 0.2) is 11.4 Å². The molecule has 0 aromatic rings. The van der Waals surface area contributed by atoms with Gasteiger partial charge in [-0.25, -0.2) is 4.79 Å². The Hall–Kier alpha value is -0.350. The third kappa shape index (κ3) is 3.35. The van der Waals surface area contributed by atoms with Gasteiger partial charge in [0.15, 0.2) is 0 Å². The van der Waals surface area contributed by atoms with Gasteiger partial charge in [0.1, 0.15) is 6.10 Å². The molecule has 5 nitrogen and oxygen atoms in total. The Labute approximate surface area is 179 Å². The number of carbonyl (C=O) groups is 1. The van der Waals surface area contributed by atoms with E-state index in [9.17, 15) is 9.36 Å². The maximum atomic E-state index is 12.9. The molecule has 4 aliphatic rings. The van der Waals surface area contributed by atoms with Crippen LogP contribution in [-0.4, -0.2) is 25.8 Å². The molecule has 0 amide bonds. The van der Waals surface area contributed by atoms with Crippen LogP contribution in [0.2, 0.25) is 0 Å². The van der Waals surface area contributed by atoms with Gasteiger partial charge in [-0.2, -0.15) is 0 Å². The first kappa shape index (κ1) is 21.9. The molecule has 0 bridgehead atoms. The minimum atomic E-state index is -3.14. The molecule has 0 saturated heterocycles. The zero-order chi connectivity index (χ0) is 21.0. The number of halogens is 1. The molecule has 4 rings (SSSR count). The molecule has 0 aliphatic heterocycles. The first-order valence-corrected chi connectivity index (χ1v) is 12.9. The second-order valence-corrected chi connectivity index (χ2v) is 12.7. The minimum Gasteiger partial charge on any atom is -0.450 e. The second kappa shape index (κ2) is 7.65. The number of ether oxygens (including phenoxy) is 1. The van der Waals surface area contributed by atoms with Crippen LogP contribution in [0.3, 0.4) is 0 Å². The summed E-state index contributed by atoms with van der Waals surface area (Å²) in [5.74, 6) is 2.34. The molecule has 3 saturated carbocycles. The summed E-state index contributed by atoms with van der Waals surface area (Å²) in [5, 5.41) is 0.860. The molecule has 7 atom stereocenters. The highest BCUT2D eigenvalue weighted by molar-refractivity contribution is 7.58. The molecule has 0 radical (unpaired) electrons. The third-order valence-electron chi connectivity index (χ3n) is 9.24. The molecule has 7 heteroatoms. The van der Waals surface area contributed by atoms with Crippen LogP contribution in [0, 0.1) is 34.5 Å². The van der Waals surface area contributed by atoms with Gasteiger partial charge in [0.25, 0.3) is 0 Å². The first-order valence-electron chi connectivity index (χ1n) is 11.0. The normalized spacial score (nSPS) is 44.3. The van der Waals surface area contributed by atoms with Gasteiger partial charge in [-0.05, 0) is 80.5 Å². The molecule has 0 spiro atoms. The molecule has 29 heavy (non-hydrogen) atoms. The van der Waals surface area contributed by atoms with Gasteiger partial charge in [0.2, 0.25) is 0 Å². The summed E-state index contributed by atoms with van der Waals surface area (Å²) in [6.45, 7) is 4.76. The van der Waals surface area contributed by atoms with Crippen molar-refractivity contribution < 1.29 is 23.1 Å². The van der Waals surface area contributed by atoms with Gasteiger partial charge in [-0.15, -0.1) is 0 Å². The topological polar surface area (TPSA) is 61.8 Å².